The highest BCUT2D eigenvalue weighted by Crippen LogP contribution is 2.16. The fourth-order valence-corrected chi connectivity index (χ4v) is 1.80. The zero-order chi connectivity index (χ0) is 13.4. The zero-order valence-electron chi connectivity index (χ0n) is 11.5. The Morgan fingerprint density at radius 1 is 1.42 bits per heavy atom. The van der Waals surface area contributed by atoms with Crippen molar-refractivity contribution in [1.29, 1.82) is 0 Å². The fraction of sp³-hybridized carbons (Fsp3) is 0.462. The van der Waals surface area contributed by atoms with Gasteiger partial charge in [0.15, 0.2) is 5.96 Å². The molecule has 0 aromatic heterocycles. The summed E-state index contributed by atoms with van der Waals surface area (Å²) >= 11 is 6.14. The van der Waals surface area contributed by atoms with E-state index >= 15 is 0 Å². The van der Waals surface area contributed by atoms with Crippen LogP contribution in [0.1, 0.15) is 5.56 Å². The molecule has 19 heavy (non-hydrogen) atoms. The minimum Gasteiger partial charge on any atom is -0.383 e. The van der Waals surface area contributed by atoms with Gasteiger partial charge >= 0.3 is 0 Å². The van der Waals surface area contributed by atoms with Crippen LogP contribution in [0.15, 0.2) is 29.3 Å². The van der Waals surface area contributed by atoms with E-state index in [4.69, 9.17) is 16.3 Å². The number of ether oxygens (including phenoxy) is 1. The normalized spacial score (nSPS) is 10.8. The topological polar surface area (TPSA) is 36.9 Å². The lowest BCUT2D eigenvalue weighted by atomic mass is 10.2. The first-order valence-electron chi connectivity index (χ1n) is 5.83. The number of methoxy groups -OCH3 is 1. The maximum absolute atomic E-state index is 6.14. The summed E-state index contributed by atoms with van der Waals surface area (Å²) in [4.78, 5) is 6.24. The molecule has 1 aromatic carbocycles. The lowest BCUT2D eigenvalue weighted by Gasteiger charge is -2.22. The highest BCUT2D eigenvalue weighted by atomic mass is 127. The van der Waals surface area contributed by atoms with Crippen LogP contribution in [-0.4, -0.2) is 45.2 Å². The summed E-state index contributed by atoms with van der Waals surface area (Å²) in [6, 6.07) is 7.82. The van der Waals surface area contributed by atoms with Crippen LogP contribution in [0.5, 0.6) is 0 Å². The van der Waals surface area contributed by atoms with Crippen LogP contribution in [0.4, 0.5) is 0 Å². The van der Waals surface area contributed by atoms with E-state index in [1.807, 2.05) is 36.2 Å². The number of guanidine groups is 1. The number of benzene rings is 1. The highest BCUT2D eigenvalue weighted by molar-refractivity contribution is 14.0. The third-order valence-electron chi connectivity index (χ3n) is 2.53. The second-order valence-corrected chi connectivity index (χ2v) is 4.32. The predicted molar refractivity (Wildman–Crippen MR) is 91.6 cm³/mol. The van der Waals surface area contributed by atoms with Crippen molar-refractivity contribution in [3.05, 3.63) is 34.9 Å². The lowest BCUT2D eigenvalue weighted by Crippen LogP contribution is -2.39. The molecule has 0 radical (unpaired) electrons. The Bertz CT molecular complexity index is 401. The molecule has 0 bridgehead atoms. The summed E-state index contributed by atoms with van der Waals surface area (Å²) in [5.74, 6) is 0.826. The third kappa shape index (κ3) is 6.44. The Balaban J connectivity index is 0.00000324. The first-order chi connectivity index (χ1) is 8.69. The maximum atomic E-state index is 6.14. The SMILES string of the molecule is CN=C(NCCOC)N(C)Cc1ccccc1Cl.I. The van der Waals surface area contributed by atoms with Gasteiger partial charge in [-0.3, -0.25) is 4.99 Å². The van der Waals surface area contributed by atoms with Gasteiger partial charge in [0.1, 0.15) is 0 Å². The molecule has 0 aliphatic heterocycles. The van der Waals surface area contributed by atoms with E-state index in [1.54, 1.807) is 14.2 Å². The van der Waals surface area contributed by atoms with E-state index in [1.165, 1.54) is 0 Å². The highest BCUT2D eigenvalue weighted by Gasteiger charge is 2.07. The average Bonchev–Trinajstić information content (AvgIpc) is 2.37. The number of halogens is 2. The smallest absolute Gasteiger partial charge is 0.193 e. The van der Waals surface area contributed by atoms with Crippen LogP contribution in [-0.2, 0) is 11.3 Å². The van der Waals surface area contributed by atoms with Crippen LogP contribution in [0.25, 0.3) is 0 Å². The van der Waals surface area contributed by atoms with Crippen molar-refractivity contribution in [2.45, 2.75) is 6.54 Å². The molecule has 0 saturated carbocycles. The quantitative estimate of drug-likeness (QED) is 0.359. The van der Waals surface area contributed by atoms with Crippen molar-refractivity contribution < 1.29 is 4.74 Å². The van der Waals surface area contributed by atoms with Gasteiger partial charge in [0.2, 0.25) is 0 Å². The van der Waals surface area contributed by atoms with E-state index in [-0.39, 0.29) is 24.0 Å². The second-order valence-electron chi connectivity index (χ2n) is 3.91. The Morgan fingerprint density at radius 3 is 2.68 bits per heavy atom. The molecule has 0 heterocycles. The molecular weight excluding hydrogens is 377 g/mol. The Labute approximate surface area is 137 Å². The molecule has 0 fully saturated rings. The van der Waals surface area contributed by atoms with Crippen molar-refractivity contribution in [3.63, 3.8) is 0 Å². The van der Waals surface area contributed by atoms with Crippen molar-refractivity contribution in [1.82, 2.24) is 10.2 Å². The molecule has 108 valence electrons. The molecule has 0 aliphatic carbocycles. The van der Waals surface area contributed by atoms with Crippen LogP contribution in [0, 0.1) is 0 Å². The van der Waals surface area contributed by atoms with Crippen molar-refractivity contribution in [2.75, 3.05) is 34.4 Å². The van der Waals surface area contributed by atoms with Gasteiger partial charge in [-0.15, -0.1) is 24.0 Å². The molecule has 1 aromatic rings. The fourth-order valence-electron chi connectivity index (χ4n) is 1.61. The summed E-state index contributed by atoms with van der Waals surface area (Å²) in [5.41, 5.74) is 1.08. The van der Waals surface area contributed by atoms with Gasteiger partial charge in [-0.1, -0.05) is 29.8 Å². The number of nitrogens with zero attached hydrogens (tertiary/aromatic N) is 2. The molecule has 1 rings (SSSR count). The summed E-state index contributed by atoms with van der Waals surface area (Å²) in [6.07, 6.45) is 0. The summed E-state index contributed by atoms with van der Waals surface area (Å²) in [5, 5.41) is 3.99. The predicted octanol–water partition coefficient (Wildman–Crippen LogP) is 2.61. The summed E-state index contributed by atoms with van der Waals surface area (Å²) < 4.78 is 5.00. The number of aliphatic imine (C=N–C) groups is 1. The minimum atomic E-state index is 0. The standard InChI is InChI=1S/C13H20ClN3O.HI/c1-15-13(16-8-9-18-3)17(2)10-11-6-4-5-7-12(11)14;/h4-7H,8-10H2,1-3H3,(H,15,16);1H. The van der Waals surface area contributed by atoms with Gasteiger partial charge in [-0.2, -0.15) is 0 Å². The van der Waals surface area contributed by atoms with E-state index in [2.05, 4.69) is 10.3 Å². The average molecular weight is 398 g/mol. The van der Waals surface area contributed by atoms with Crippen LogP contribution < -0.4 is 5.32 Å². The zero-order valence-corrected chi connectivity index (χ0v) is 14.6. The van der Waals surface area contributed by atoms with E-state index in [0.717, 1.165) is 23.1 Å². The molecule has 0 spiro atoms. The first kappa shape index (κ1) is 18.5. The Hall–Kier alpha value is -0.530. The minimum absolute atomic E-state index is 0. The Kier molecular flexibility index (Phi) is 9.99. The van der Waals surface area contributed by atoms with Crippen molar-refractivity contribution in [2.24, 2.45) is 4.99 Å². The summed E-state index contributed by atoms with van der Waals surface area (Å²) in [6.45, 7) is 2.10. The molecule has 0 aliphatic rings. The maximum Gasteiger partial charge on any atom is 0.193 e. The van der Waals surface area contributed by atoms with E-state index in [0.29, 0.717) is 13.2 Å². The van der Waals surface area contributed by atoms with E-state index < -0.39 is 0 Å². The molecule has 0 amide bonds. The number of hydrogen-bond acceptors (Lipinski definition) is 2. The van der Waals surface area contributed by atoms with Gasteiger partial charge in [0.05, 0.1) is 6.61 Å². The van der Waals surface area contributed by atoms with Gasteiger partial charge < -0.3 is 15.0 Å². The van der Waals surface area contributed by atoms with Crippen molar-refractivity contribution >= 4 is 41.5 Å². The number of nitrogens with one attached hydrogen (secondary N) is 1. The first-order valence-corrected chi connectivity index (χ1v) is 6.21. The summed E-state index contributed by atoms with van der Waals surface area (Å²) in [7, 11) is 5.42. The van der Waals surface area contributed by atoms with Crippen LogP contribution in [0.2, 0.25) is 5.02 Å². The molecule has 6 heteroatoms. The van der Waals surface area contributed by atoms with Crippen molar-refractivity contribution in [3.8, 4) is 0 Å². The van der Waals surface area contributed by atoms with Gasteiger partial charge in [-0.05, 0) is 11.6 Å². The van der Waals surface area contributed by atoms with Crippen LogP contribution in [0.3, 0.4) is 0 Å². The molecule has 0 atom stereocenters. The molecular formula is C13H21ClIN3O. The molecule has 1 N–H and O–H groups in total. The largest absolute Gasteiger partial charge is 0.383 e. The third-order valence-corrected chi connectivity index (χ3v) is 2.90. The monoisotopic (exact) mass is 397 g/mol. The Morgan fingerprint density at radius 2 is 2.11 bits per heavy atom. The second kappa shape index (κ2) is 10.3. The number of hydrogen-bond donors (Lipinski definition) is 1. The molecule has 0 saturated heterocycles. The number of rotatable bonds is 5. The van der Waals surface area contributed by atoms with Crippen LogP contribution >= 0.6 is 35.6 Å². The van der Waals surface area contributed by atoms with Gasteiger partial charge in [0, 0.05) is 39.3 Å². The molecule has 0 unspecified atom stereocenters. The van der Waals surface area contributed by atoms with E-state index in [9.17, 15) is 0 Å². The van der Waals surface area contributed by atoms with Gasteiger partial charge in [0.25, 0.3) is 0 Å². The lowest BCUT2D eigenvalue weighted by molar-refractivity contribution is 0.203. The molecule has 4 nitrogen and oxygen atoms in total. The van der Waals surface area contributed by atoms with Gasteiger partial charge in [-0.25, -0.2) is 0 Å².